The van der Waals surface area contributed by atoms with Crippen LogP contribution in [0, 0.1) is 0 Å². The Morgan fingerprint density at radius 2 is 1.95 bits per heavy atom. The van der Waals surface area contributed by atoms with E-state index in [1.165, 1.54) is 0 Å². The maximum atomic E-state index is 11.8. The molecule has 0 bridgehead atoms. The summed E-state index contributed by atoms with van der Waals surface area (Å²) in [6.07, 6.45) is 0.476. The highest BCUT2D eigenvalue weighted by atomic mass is 16.5. The van der Waals surface area contributed by atoms with Crippen molar-refractivity contribution in [2.24, 2.45) is 0 Å². The van der Waals surface area contributed by atoms with Gasteiger partial charge >= 0.3 is 0 Å². The summed E-state index contributed by atoms with van der Waals surface area (Å²) >= 11 is 0. The molecule has 2 aromatic rings. The Labute approximate surface area is 112 Å². The lowest BCUT2D eigenvalue weighted by Gasteiger charge is -2.26. The number of hydrogen-bond donors (Lipinski definition) is 1. The fraction of sp³-hybridized carbons (Fsp3) is 0.188. The van der Waals surface area contributed by atoms with E-state index in [1.807, 2.05) is 36.4 Å². The number of carbonyl (C=O) groups is 1. The van der Waals surface area contributed by atoms with E-state index in [1.54, 1.807) is 7.11 Å². The third kappa shape index (κ3) is 2.19. The summed E-state index contributed by atoms with van der Waals surface area (Å²) < 4.78 is 5.28. The summed E-state index contributed by atoms with van der Waals surface area (Å²) in [6.45, 7) is 0. The van der Waals surface area contributed by atoms with Crippen molar-refractivity contribution in [1.29, 1.82) is 0 Å². The van der Waals surface area contributed by atoms with Gasteiger partial charge in [0.05, 0.1) is 7.11 Å². The van der Waals surface area contributed by atoms with Crippen LogP contribution in [0.2, 0.25) is 0 Å². The van der Waals surface area contributed by atoms with Crippen molar-refractivity contribution < 1.29 is 9.53 Å². The number of methoxy groups -OCH3 is 1. The summed E-state index contributed by atoms with van der Waals surface area (Å²) in [7, 11) is 1.65. The highest BCUT2D eigenvalue weighted by Crippen LogP contribution is 2.38. The Hall–Kier alpha value is -2.29. The van der Waals surface area contributed by atoms with Crippen molar-refractivity contribution in [3.8, 4) is 5.75 Å². The van der Waals surface area contributed by atoms with Crippen molar-refractivity contribution in [1.82, 2.24) is 0 Å². The lowest BCUT2D eigenvalue weighted by Crippen LogP contribution is -2.23. The number of rotatable bonds is 2. The van der Waals surface area contributed by atoms with E-state index in [0.717, 1.165) is 22.6 Å². The topological polar surface area (TPSA) is 38.3 Å². The van der Waals surface area contributed by atoms with Crippen LogP contribution in [0.3, 0.4) is 0 Å². The van der Waals surface area contributed by atoms with Gasteiger partial charge in [-0.25, -0.2) is 0 Å². The molecule has 19 heavy (non-hydrogen) atoms. The standard InChI is InChI=1S/C16H15NO2/c1-19-12-7-8-15-14(9-12)13(10-16(18)17-15)11-5-3-2-4-6-11/h2-9,13H,10H2,1H3,(H,17,18). The van der Waals surface area contributed by atoms with E-state index in [-0.39, 0.29) is 11.8 Å². The number of ether oxygens (including phenoxy) is 1. The molecule has 0 saturated heterocycles. The fourth-order valence-corrected chi connectivity index (χ4v) is 2.55. The van der Waals surface area contributed by atoms with Gasteiger partial charge in [0, 0.05) is 18.0 Å². The van der Waals surface area contributed by atoms with E-state index >= 15 is 0 Å². The smallest absolute Gasteiger partial charge is 0.225 e. The zero-order valence-electron chi connectivity index (χ0n) is 10.7. The van der Waals surface area contributed by atoms with Crippen molar-refractivity contribution in [2.45, 2.75) is 12.3 Å². The summed E-state index contributed by atoms with van der Waals surface area (Å²) in [5, 5.41) is 2.92. The second-order valence-electron chi connectivity index (χ2n) is 4.67. The van der Waals surface area contributed by atoms with E-state index in [0.29, 0.717) is 6.42 Å². The van der Waals surface area contributed by atoms with Crippen molar-refractivity contribution >= 4 is 11.6 Å². The SMILES string of the molecule is COc1ccc2c(c1)C(c1ccccc1)CC(=O)N2. The van der Waals surface area contributed by atoms with Crippen LogP contribution in [0.4, 0.5) is 5.69 Å². The zero-order valence-corrected chi connectivity index (χ0v) is 10.7. The molecular formula is C16H15NO2. The third-order valence-electron chi connectivity index (χ3n) is 3.50. The van der Waals surface area contributed by atoms with Gasteiger partial charge in [0.25, 0.3) is 0 Å². The van der Waals surface area contributed by atoms with Crippen LogP contribution >= 0.6 is 0 Å². The minimum absolute atomic E-state index is 0.0616. The number of hydrogen-bond acceptors (Lipinski definition) is 2. The summed E-state index contributed by atoms with van der Waals surface area (Å²) in [6, 6.07) is 15.9. The molecule has 0 aromatic heterocycles. The number of anilines is 1. The zero-order chi connectivity index (χ0) is 13.2. The van der Waals surface area contributed by atoms with Gasteiger partial charge < -0.3 is 10.1 Å². The van der Waals surface area contributed by atoms with Crippen LogP contribution in [0.25, 0.3) is 0 Å². The van der Waals surface area contributed by atoms with Crippen LogP contribution in [0.5, 0.6) is 5.75 Å². The first-order chi connectivity index (χ1) is 9.28. The van der Waals surface area contributed by atoms with E-state index < -0.39 is 0 Å². The largest absolute Gasteiger partial charge is 0.497 e. The Kier molecular flexibility index (Phi) is 2.95. The van der Waals surface area contributed by atoms with Crippen molar-refractivity contribution in [2.75, 3.05) is 12.4 Å². The molecular weight excluding hydrogens is 238 g/mol. The molecule has 1 amide bonds. The first-order valence-electron chi connectivity index (χ1n) is 6.30. The number of nitrogens with one attached hydrogen (secondary N) is 1. The molecule has 0 radical (unpaired) electrons. The van der Waals surface area contributed by atoms with E-state index in [4.69, 9.17) is 4.74 Å². The summed E-state index contributed by atoms with van der Waals surface area (Å²) in [5.41, 5.74) is 3.16. The number of fused-ring (bicyclic) bond motifs is 1. The number of carbonyl (C=O) groups excluding carboxylic acids is 1. The van der Waals surface area contributed by atoms with Crippen LogP contribution < -0.4 is 10.1 Å². The predicted molar refractivity (Wildman–Crippen MR) is 74.5 cm³/mol. The third-order valence-corrected chi connectivity index (χ3v) is 3.50. The fourth-order valence-electron chi connectivity index (χ4n) is 2.55. The second-order valence-corrected chi connectivity index (χ2v) is 4.67. The minimum atomic E-state index is 0.0616. The Morgan fingerprint density at radius 3 is 2.68 bits per heavy atom. The minimum Gasteiger partial charge on any atom is -0.497 e. The molecule has 3 rings (SSSR count). The molecule has 1 aliphatic heterocycles. The highest BCUT2D eigenvalue weighted by molar-refractivity contribution is 5.95. The number of benzene rings is 2. The maximum Gasteiger partial charge on any atom is 0.225 e. The Balaban J connectivity index is 2.10. The average Bonchev–Trinajstić information content (AvgIpc) is 2.47. The molecule has 3 heteroatoms. The summed E-state index contributed by atoms with van der Waals surface area (Å²) in [5.74, 6) is 0.974. The highest BCUT2D eigenvalue weighted by Gasteiger charge is 2.26. The molecule has 96 valence electrons. The monoisotopic (exact) mass is 253 g/mol. The first-order valence-corrected chi connectivity index (χ1v) is 6.30. The molecule has 1 unspecified atom stereocenters. The van der Waals surface area contributed by atoms with Crippen LogP contribution in [-0.2, 0) is 4.79 Å². The lowest BCUT2D eigenvalue weighted by molar-refractivity contribution is -0.116. The van der Waals surface area contributed by atoms with E-state index in [2.05, 4.69) is 17.4 Å². The molecule has 2 aromatic carbocycles. The average molecular weight is 253 g/mol. The van der Waals surface area contributed by atoms with Crippen LogP contribution in [0.1, 0.15) is 23.5 Å². The van der Waals surface area contributed by atoms with Crippen molar-refractivity contribution in [3.05, 3.63) is 59.7 Å². The van der Waals surface area contributed by atoms with Gasteiger partial charge in [-0.15, -0.1) is 0 Å². The van der Waals surface area contributed by atoms with Gasteiger partial charge in [-0.2, -0.15) is 0 Å². The molecule has 0 saturated carbocycles. The van der Waals surface area contributed by atoms with Gasteiger partial charge in [-0.05, 0) is 29.3 Å². The van der Waals surface area contributed by atoms with Gasteiger partial charge in [-0.3, -0.25) is 4.79 Å². The second kappa shape index (κ2) is 4.76. The van der Waals surface area contributed by atoms with Gasteiger partial charge in [0.2, 0.25) is 5.91 Å². The first kappa shape index (κ1) is 11.8. The predicted octanol–water partition coefficient (Wildman–Crippen LogP) is 3.17. The Bertz CT molecular complexity index is 607. The molecule has 1 atom stereocenters. The Morgan fingerprint density at radius 1 is 1.16 bits per heavy atom. The van der Waals surface area contributed by atoms with Gasteiger partial charge in [0.15, 0.2) is 0 Å². The summed E-state index contributed by atoms with van der Waals surface area (Å²) in [4.78, 5) is 11.8. The lowest BCUT2D eigenvalue weighted by atomic mass is 9.85. The molecule has 0 aliphatic carbocycles. The molecule has 1 heterocycles. The van der Waals surface area contributed by atoms with Gasteiger partial charge in [-0.1, -0.05) is 30.3 Å². The van der Waals surface area contributed by atoms with E-state index in [9.17, 15) is 4.79 Å². The van der Waals surface area contributed by atoms with Crippen LogP contribution in [0.15, 0.2) is 48.5 Å². The molecule has 0 spiro atoms. The number of amides is 1. The van der Waals surface area contributed by atoms with Gasteiger partial charge in [0.1, 0.15) is 5.75 Å². The quantitative estimate of drug-likeness (QED) is 0.892. The van der Waals surface area contributed by atoms with Crippen LogP contribution in [-0.4, -0.2) is 13.0 Å². The normalized spacial score (nSPS) is 17.5. The molecule has 0 fully saturated rings. The maximum absolute atomic E-state index is 11.8. The molecule has 1 aliphatic rings. The molecule has 3 nitrogen and oxygen atoms in total. The van der Waals surface area contributed by atoms with Crippen molar-refractivity contribution in [3.63, 3.8) is 0 Å². The molecule has 1 N–H and O–H groups in total.